The lowest BCUT2D eigenvalue weighted by Gasteiger charge is -2.17. The Bertz CT molecular complexity index is 1150. The molecule has 0 spiro atoms. The molecule has 1 aromatic heterocycles. The smallest absolute Gasteiger partial charge is 0.275 e. The van der Waals surface area contributed by atoms with E-state index in [9.17, 15) is 9.90 Å². The Morgan fingerprint density at radius 1 is 1.20 bits per heavy atom. The Hall–Kier alpha value is -2.38. The number of halogens is 2. The first-order valence-electron chi connectivity index (χ1n) is 9.53. The summed E-state index contributed by atoms with van der Waals surface area (Å²) >= 11 is 6.55. The topological polar surface area (TPSA) is 66.6 Å². The van der Waals surface area contributed by atoms with Crippen molar-refractivity contribution in [1.29, 1.82) is 0 Å². The van der Waals surface area contributed by atoms with E-state index >= 15 is 0 Å². The van der Waals surface area contributed by atoms with Gasteiger partial charge in [0.05, 0.1) is 21.9 Å². The molecule has 7 heteroatoms. The molecule has 0 bridgehead atoms. The van der Waals surface area contributed by atoms with Crippen LogP contribution in [-0.4, -0.2) is 21.8 Å². The monoisotopic (exact) mass is 531 g/mol. The molecule has 1 heterocycles. The van der Waals surface area contributed by atoms with Crippen LogP contribution in [0.25, 0.3) is 5.69 Å². The molecule has 5 nitrogen and oxygen atoms in total. The van der Waals surface area contributed by atoms with Crippen LogP contribution >= 0.6 is 31.9 Å². The van der Waals surface area contributed by atoms with Gasteiger partial charge < -0.3 is 9.67 Å². The average molecular weight is 533 g/mol. The molecule has 0 fully saturated rings. The molecule has 0 aliphatic rings. The third-order valence-electron chi connectivity index (χ3n) is 5.04. The minimum Gasteiger partial charge on any atom is -0.506 e. The number of hydrazone groups is 1. The fraction of sp³-hybridized carbons (Fsp3) is 0.217. The molecule has 0 radical (unpaired) electrons. The van der Waals surface area contributed by atoms with Crippen LogP contribution in [0.5, 0.6) is 5.75 Å². The first-order chi connectivity index (χ1) is 14.2. The first-order valence-corrected chi connectivity index (χ1v) is 11.1. The van der Waals surface area contributed by atoms with Gasteiger partial charge in [0.15, 0.2) is 0 Å². The van der Waals surface area contributed by atoms with Gasteiger partial charge in [-0.3, -0.25) is 4.79 Å². The zero-order valence-corrected chi connectivity index (χ0v) is 20.4. The highest BCUT2D eigenvalue weighted by Gasteiger charge is 2.16. The number of hydrogen-bond donors (Lipinski definition) is 2. The van der Waals surface area contributed by atoms with E-state index in [1.165, 1.54) is 16.8 Å². The number of para-hydroxylation sites is 1. The van der Waals surface area contributed by atoms with Gasteiger partial charge in [-0.2, -0.15) is 5.10 Å². The summed E-state index contributed by atoms with van der Waals surface area (Å²) in [5, 5.41) is 14.2. The van der Waals surface area contributed by atoms with Crippen LogP contribution < -0.4 is 5.43 Å². The minimum absolute atomic E-state index is 0.129. The van der Waals surface area contributed by atoms with Crippen molar-refractivity contribution in [3.63, 3.8) is 0 Å². The van der Waals surface area contributed by atoms with Gasteiger partial charge in [-0.15, -0.1) is 0 Å². The Balaban J connectivity index is 1.89. The lowest BCUT2D eigenvalue weighted by atomic mass is 10.1. The number of aromatic nitrogens is 1. The number of nitrogens with zero attached hydrogens (tertiary/aromatic N) is 2. The van der Waals surface area contributed by atoms with Crippen molar-refractivity contribution in [1.82, 2.24) is 9.99 Å². The number of aromatic hydroxyl groups is 1. The largest absolute Gasteiger partial charge is 0.506 e. The van der Waals surface area contributed by atoms with Gasteiger partial charge in [-0.1, -0.05) is 41.1 Å². The summed E-state index contributed by atoms with van der Waals surface area (Å²) in [7, 11) is 0. The quantitative estimate of drug-likeness (QED) is 0.314. The van der Waals surface area contributed by atoms with Gasteiger partial charge in [-0.05, 0) is 72.4 Å². The van der Waals surface area contributed by atoms with E-state index in [4.69, 9.17) is 0 Å². The summed E-state index contributed by atoms with van der Waals surface area (Å²) in [5.74, 6) is -0.623. The van der Waals surface area contributed by atoms with Crippen LogP contribution in [0, 0.1) is 20.8 Å². The number of hydrogen-bond acceptors (Lipinski definition) is 3. The minimum atomic E-state index is -0.494. The second-order valence-corrected chi connectivity index (χ2v) is 8.85. The number of nitrogens with one attached hydrogen (secondary N) is 1. The van der Waals surface area contributed by atoms with Crippen LogP contribution in [0.1, 0.15) is 45.4 Å². The first kappa shape index (κ1) is 22.3. The number of carbonyl (C=O) groups is 1. The number of phenolic OH excluding ortho intramolecular Hbond substituents is 1. The lowest BCUT2D eigenvalue weighted by molar-refractivity contribution is 0.0952. The molecular weight excluding hydrogens is 510 g/mol. The number of rotatable bonds is 5. The van der Waals surface area contributed by atoms with E-state index in [0.717, 1.165) is 23.4 Å². The number of benzene rings is 2. The highest BCUT2D eigenvalue weighted by molar-refractivity contribution is 9.11. The van der Waals surface area contributed by atoms with E-state index in [-0.39, 0.29) is 11.3 Å². The van der Waals surface area contributed by atoms with Crippen molar-refractivity contribution in [2.45, 2.75) is 34.1 Å². The van der Waals surface area contributed by atoms with Gasteiger partial charge in [0, 0.05) is 21.4 Å². The van der Waals surface area contributed by atoms with Crippen molar-refractivity contribution in [2.24, 2.45) is 5.10 Å². The van der Waals surface area contributed by atoms with Crippen molar-refractivity contribution < 1.29 is 9.90 Å². The maximum Gasteiger partial charge on any atom is 0.275 e. The Labute approximate surface area is 193 Å². The van der Waals surface area contributed by atoms with Crippen molar-refractivity contribution in [2.75, 3.05) is 0 Å². The number of carbonyl (C=O) groups excluding carboxylic acids is 1. The van der Waals surface area contributed by atoms with Crippen molar-refractivity contribution >= 4 is 44.0 Å². The summed E-state index contributed by atoms with van der Waals surface area (Å²) in [6.45, 7) is 8.37. The van der Waals surface area contributed by atoms with Crippen LogP contribution in [0.2, 0.25) is 0 Å². The summed E-state index contributed by atoms with van der Waals surface area (Å²) in [4.78, 5) is 12.4. The molecule has 0 aliphatic heterocycles. The second kappa shape index (κ2) is 9.18. The van der Waals surface area contributed by atoms with Gasteiger partial charge >= 0.3 is 0 Å². The normalized spacial score (nSPS) is 11.3. The van der Waals surface area contributed by atoms with E-state index in [2.05, 4.69) is 85.9 Å². The van der Waals surface area contributed by atoms with Gasteiger partial charge in [0.1, 0.15) is 5.75 Å². The van der Waals surface area contributed by atoms with Crippen LogP contribution in [0.15, 0.2) is 50.4 Å². The van der Waals surface area contributed by atoms with Crippen LogP contribution in [0.4, 0.5) is 0 Å². The van der Waals surface area contributed by atoms with E-state index in [0.29, 0.717) is 8.95 Å². The number of aryl methyl sites for hydroxylation is 3. The summed E-state index contributed by atoms with van der Waals surface area (Å²) in [6, 6.07) is 11.6. The maximum atomic E-state index is 12.4. The lowest BCUT2D eigenvalue weighted by Crippen LogP contribution is -2.18. The highest BCUT2D eigenvalue weighted by atomic mass is 79.9. The molecule has 0 saturated carbocycles. The van der Waals surface area contributed by atoms with Crippen LogP contribution in [-0.2, 0) is 6.42 Å². The Morgan fingerprint density at radius 3 is 2.63 bits per heavy atom. The maximum absolute atomic E-state index is 12.4. The SMILES string of the molecule is CCc1cccc(C)c1-n1c(C)cc(/C=N\NC(=O)c2cc(Br)cc(Br)c2O)c1C. The van der Waals surface area contributed by atoms with Gasteiger partial charge in [0.2, 0.25) is 0 Å². The molecule has 3 aromatic rings. The predicted molar refractivity (Wildman–Crippen MR) is 128 cm³/mol. The highest BCUT2D eigenvalue weighted by Crippen LogP contribution is 2.31. The molecule has 3 rings (SSSR count). The fourth-order valence-corrected chi connectivity index (χ4v) is 4.77. The van der Waals surface area contributed by atoms with Crippen molar-refractivity contribution in [3.8, 4) is 11.4 Å². The Morgan fingerprint density at radius 2 is 1.93 bits per heavy atom. The zero-order chi connectivity index (χ0) is 22.0. The molecule has 156 valence electrons. The second-order valence-electron chi connectivity index (χ2n) is 7.08. The van der Waals surface area contributed by atoms with Gasteiger partial charge in [0.25, 0.3) is 5.91 Å². The molecule has 2 N–H and O–H groups in total. The molecule has 0 aliphatic carbocycles. The molecular formula is C23H23Br2N3O2. The van der Waals surface area contributed by atoms with Crippen LogP contribution in [0.3, 0.4) is 0 Å². The predicted octanol–water partition coefficient (Wildman–Crippen LogP) is 5.96. The number of amides is 1. The summed E-state index contributed by atoms with van der Waals surface area (Å²) < 4.78 is 3.34. The zero-order valence-electron chi connectivity index (χ0n) is 17.3. The van der Waals surface area contributed by atoms with Gasteiger partial charge in [-0.25, -0.2) is 5.43 Å². The average Bonchev–Trinajstić information content (AvgIpc) is 2.97. The number of phenols is 1. The standard InChI is InChI=1S/C23H23Br2N3O2/c1-5-16-8-6-7-13(2)21(16)28-14(3)9-17(15(28)4)12-26-27-23(30)19-10-18(24)11-20(25)22(19)29/h6-12,29H,5H2,1-4H3,(H,27,30)/b26-12-. The third kappa shape index (κ3) is 4.37. The van der Waals surface area contributed by atoms with E-state index in [1.807, 2.05) is 13.0 Å². The molecule has 2 aromatic carbocycles. The molecule has 0 atom stereocenters. The molecule has 0 saturated heterocycles. The molecule has 30 heavy (non-hydrogen) atoms. The summed E-state index contributed by atoms with van der Waals surface area (Å²) in [5.41, 5.74) is 9.37. The molecule has 1 amide bonds. The van der Waals surface area contributed by atoms with E-state index < -0.39 is 5.91 Å². The van der Waals surface area contributed by atoms with Crippen molar-refractivity contribution in [3.05, 3.63) is 79.0 Å². The van der Waals surface area contributed by atoms with E-state index in [1.54, 1.807) is 18.3 Å². The Kier molecular flexibility index (Phi) is 6.83. The molecule has 0 unspecified atom stereocenters. The third-order valence-corrected chi connectivity index (χ3v) is 6.10. The summed E-state index contributed by atoms with van der Waals surface area (Å²) in [6.07, 6.45) is 2.57. The fourth-order valence-electron chi connectivity index (χ4n) is 3.55.